The van der Waals surface area contributed by atoms with Crippen molar-refractivity contribution in [3.05, 3.63) is 67.7 Å². The van der Waals surface area contributed by atoms with Gasteiger partial charge in [-0.2, -0.15) is 0 Å². The van der Waals surface area contributed by atoms with Crippen LogP contribution < -0.4 is 5.32 Å². The zero-order valence-corrected chi connectivity index (χ0v) is 16.3. The normalized spacial score (nSPS) is 11.6. The highest BCUT2D eigenvalue weighted by atomic mass is 127. The van der Waals surface area contributed by atoms with E-state index in [1.54, 1.807) is 0 Å². The van der Waals surface area contributed by atoms with Crippen molar-refractivity contribution in [3.8, 4) is 0 Å². The number of nitrogens with one attached hydrogen (secondary N) is 1. The number of carboxylic acid groups (broad SMARTS) is 1. The highest BCUT2D eigenvalue weighted by Gasteiger charge is 2.22. The Bertz CT molecular complexity index is 724. The molecule has 0 spiro atoms. The van der Waals surface area contributed by atoms with E-state index in [2.05, 4.69) is 43.8 Å². The largest absolute Gasteiger partial charge is 0.480 e. The molecule has 1 atom stereocenters. The zero-order chi connectivity index (χ0) is 17.5. The molecule has 2 N–H and O–H groups in total. The summed E-state index contributed by atoms with van der Waals surface area (Å²) in [7, 11) is 0. The third kappa shape index (κ3) is 5.79. The second-order valence-corrected chi connectivity index (χ2v) is 7.14. The van der Waals surface area contributed by atoms with Crippen LogP contribution in [0.3, 0.4) is 0 Å². The highest BCUT2D eigenvalue weighted by Crippen LogP contribution is 2.21. The van der Waals surface area contributed by atoms with Gasteiger partial charge < -0.3 is 15.2 Å². The van der Waals surface area contributed by atoms with Crippen LogP contribution in [-0.2, 0) is 22.6 Å². The summed E-state index contributed by atoms with van der Waals surface area (Å²) in [6.07, 6.45) is -0.597. The van der Waals surface area contributed by atoms with E-state index in [0.717, 1.165) is 19.2 Å². The van der Waals surface area contributed by atoms with E-state index >= 15 is 0 Å². The maximum atomic E-state index is 11.9. The van der Waals surface area contributed by atoms with Crippen LogP contribution in [-0.4, -0.2) is 23.2 Å². The van der Waals surface area contributed by atoms with E-state index < -0.39 is 18.1 Å². The van der Waals surface area contributed by atoms with Crippen LogP contribution in [0.15, 0.2) is 53.0 Å². The number of hydrogen-bond donors (Lipinski definition) is 2. The van der Waals surface area contributed by atoms with Crippen LogP contribution in [0.2, 0.25) is 0 Å². The fourth-order valence-electron chi connectivity index (χ4n) is 2.03. The number of hydrogen-bond acceptors (Lipinski definition) is 3. The van der Waals surface area contributed by atoms with Gasteiger partial charge in [-0.15, -0.1) is 0 Å². The maximum Gasteiger partial charge on any atom is 0.408 e. The Morgan fingerprint density at radius 1 is 1.21 bits per heavy atom. The summed E-state index contributed by atoms with van der Waals surface area (Å²) < 4.78 is 6.86. The number of carbonyl (C=O) groups is 2. The van der Waals surface area contributed by atoms with Crippen LogP contribution >= 0.6 is 38.5 Å². The van der Waals surface area contributed by atoms with E-state index in [1.807, 2.05) is 48.5 Å². The lowest BCUT2D eigenvalue weighted by Gasteiger charge is -2.16. The van der Waals surface area contributed by atoms with Crippen LogP contribution in [0.4, 0.5) is 4.79 Å². The van der Waals surface area contributed by atoms with E-state index in [0.29, 0.717) is 0 Å². The van der Waals surface area contributed by atoms with Gasteiger partial charge >= 0.3 is 12.1 Å². The number of aliphatic carboxylic acids is 1. The third-order valence-electron chi connectivity index (χ3n) is 3.23. The van der Waals surface area contributed by atoms with Gasteiger partial charge in [-0.3, -0.25) is 0 Å². The summed E-state index contributed by atoms with van der Waals surface area (Å²) in [6.45, 7) is 0.0892. The van der Waals surface area contributed by atoms with E-state index in [-0.39, 0.29) is 13.0 Å². The van der Waals surface area contributed by atoms with Crippen LogP contribution in [0.5, 0.6) is 0 Å². The van der Waals surface area contributed by atoms with Crippen LogP contribution in [0.1, 0.15) is 11.1 Å². The number of rotatable bonds is 6. The molecule has 2 aromatic carbocycles. The Balaban J connectivity index is 1.96. The zero-order valence-electron chi connectivity index (χ0n) is 12.5. The fraction of sp³-hybridized carbons (Fsp3) is 0.176. The Morgan fingerprint density at radius 2 is 1.92 bits per heavy atom. The Labute approximate surface area is 161 Å². The molecule has 0 aliphatic rings. The first-order chi connectivity index (χ1) is 11.5. The van der Waals surface area contributed by atoms with Crippen molar-refractivity contribution in [3.63, 3.8) is 0 Å². The molecular weight excluding hydrogens is 489 g/mol. The van der Waals surface area contributed by atoms with Crippen molar-refractivity contribution in [2.75, 3.05) is 0 Å². The molecule has 0 radical (unpaired) electrons. The molecule has 126 valence electrons. The molecule has 2 rings (SSSR count). The van der Waals surface area contributed by atoms with E-state index in [4.69, 9.17) is 4.74 Å². The number of alkyl carbamates (subject to hydrolysis) is 1. The molecule has 0 aliphatic carbocycles. The molecule has 2 aromatic rings. The molecule has 0 saturated carbocycles. The van der Waals surface area contributed by atoms with E-state index in [1.165, 1.54) is 0 Å². The first-order valence-corrected chi connectivity index (χ1v) is 8.97. The minimum Gasteiger partial charge on any atom is -0.480 e. The fourth-order valence-corrected chi connectivity index (χ4v) is 2.99. The smallest absolute Gasteiger partial charge is 0.408 e. The highest BCUT2D eigenvalue weighted by molar-refractivity contribution is 14.1. The van der Waals surface area contributed by atoms with Crippen LogP contribution in [0, 0.1) is 3.57 Å². The monoisotopic (exact) mass is 503 g/mol. The molecule has 5 nitrogen and oxygen atoms in total. The number of carbonyl (C=O) groups excluding carboxylic acids is 1. The average Bonchev–Trinajstić information content (AvgIpc) is 2.56. The first kappa shape index (κ1) is 18.7. The molecule has 24 heavy (non-hydrogen) atoms. The molecule has 0 bridgehead atoms. The van der Waals surface area contributed by atoms with Gasteiger partial charge in [-0.1, -0.05) is 46.3 Å². The topological polar surface area (TPSA) is 75.6 Å². The quantitative estimate of drug-likeness (QED) is 0.585. The first-order valence-electron chi connectivity index (χ1n) is 7.09. The Kier molecular flexibility index (Phi) is 7.04. The SMILES string of the molecule is O=C(NC(Cc1cc(I)ccc1Br)C(=O)O)OCc1ccccc1. The second kappa shape index (κ2) is 9.03. The third-order valence-corrected chi connectivity index (χ3v) is 4.68. The Morgan fingerprint density at radius 3 is 2.58 bits per heavy atom. The summed E-state index contributed by atoms with van der Waals surface area (Å²) in [4.78, 5) is 23.3. The maximum absolute atomic E-state index is 11.9. The molecule has 1 amide bonds. The number of benzene rings is 2. The molecule has 7 heteroatoms. The number of halogens is 2. The van der Waals surface area contributed by atoms with Gasteiger partial charge in [-0.25, -0.2) is 9.59 Å². The van der Waals surface area contributed by atoms with Gasteiger partial charge in [-0.05, 0) is 51.9 Å². The molecular formula is C17H15BrINO4. The molecule has 1 unspecified atom stereocenters. The summed E-state index contributed by atoms with van der Waals surface area (Å²) in [5, 5.41) is 11.7. The molecule has 0 heterocycles. The molecule has 0 fully saturated rings. The minimum absolute atomic E-state index is 0.0892. The van der Waals surface area contributed by atoms with Gasteiger partial charge in [0.15, 0.2) is 0 Å². The molecule has 0 saturated heterocycles. The summed E-state index contributed by atoms with van der Waals surface area (Å²) in [5.41, 5.74) is 1.64. The van der Waals surface area contributed by atoms with E-state index in [9.17, 15) is 14.7 Å². The van der Waals surface area contributed by atoms with Crippen molar-refractivity contribution in [2.45, 2.75) is 19.1 Å². The second-order valence-electron chi connectivity index (χ2n) is 5.04. The number of carboxylic acids is 1. The van der Waals surface area contributed by atoms with Crippen molar-refractivity contribution < 1.29 is 19.4 Å². The van der Waals surface area contributed by atoms with Crippen molar-refractivity contribution in [1.29, 1.82) is 0 Å². The minimum atomic E-state index is -1.11. The van der Waals surface area contributed by atoms with Crippen molar-refractivity contribution in [1.82, 2.24) is 5.32 Å². The van der Waals surface area contributed by atoms with Crippen molar-refractivity contribution in [2.24, 2.45) is 0 Å². The lowest BCUT2D eigenvalue weighted by atomic mass is 10.1. The number of amides is 1. The lowest BCUT2D eigenvalue weighted by molar-refractivity contribution is -0.139. The standard InChI is InChI=1S/C17H15BrINO4/c18-14-7-6-13(19)8-12(14)9-15(16(21)22)20-17(23)24-10-11-4-2-1-3-5-11/h1-8,15H,9-10H2,(H,20,23)(H,21,22). The summed E-state index contributed by atoms with van der Waals surface area (Å²) in [5.74, 6) is -1.11. The summed E-state index contributed by atoms with van der Waals surface area (Å²) >= 11 is 5.55. The molecule has 0 aliphatic heterocycles. The molecule has 0 aromatic heterocycles. The van der Waals surface area contributed by atoms with Crippen LogP contribution in [0.25, 0.3) is 0 Å². The Hall–Kier alpha value is -1.61. The van der Waals surface area contributed by atoms with Crippen molar-refractivity contribution >= 4 is 50.6 Å². The lowest BCUT2D eigenvalue weighted by Crippen LogP contribution is -2.42. The van der Waals surface area contributed by atoms with Gasteiger partial charge in [0.2, 0.25) is 0 Å². The van der Waals surface area contributed by atoms with Gasteiger partial charge in [0, 0.05) is 14.5 Å². The van der Waals surface area contributed by atoms with Gasteiger partial charge in [0.1, 0.15) is 12.6 Å². The van der Waals surface area contributed by atoms with Gasteiger partial charge in [0.05, 0.1) is 0 Å². The van der Waals surface area contributed by atoms with Gasteiger partial charge in [0.25, 0.3) is 0 Å². The summed E-state index contributed by atoms with van der Waals surface area (Å²) in [6, 6.07) is 13.8. The number of ether oxygens (including phenoxy) is 1. The average molecular weight is 504 g/mol. The predicted octanol–water partition coefficient (Wildman–Crippen LogP) is 3.98. The predicted molar refractivity (Wildman–Crippen MR) is 102 cm³/mol.